The first-order valence-electron chi connectivity index (χ1n) is 5.41. The predicted molar refractivity (Wildman–Crippen MR) is 73.8 cm³/mol. The lowest BCUT2D eigenvalue weighted by atomic mass is 10.3. The Morgan fingerprint density at radius 3 is 2.89 bits per heavy atom. The first-order valence-corrected chi connectivity index (χ1v) is 7.73. The molecule has 19 heavy (non-hydrogen) atoms. The molecule has 3 heterocycles. The molecule has 0 aliphatic rings. The van der Waals surface area contributed by atoms with Gasteiger partial charge in [-0.3, -0.25) is 0 Å². The number of fused-ring (bicyclic) bond motifs is 1. The van der Waals surface area contributed by atoms with Crippen LogP contribution in [0.3, 0.4) is 0 Å². The Bertz CT molecular complexity index is 808. The lowest BCUT2D eigenvalue weighted by Crippen LogP contribution is -2.26. The summed E-state index contributed by atoms with van der Waals surface area (Å²) in [5.74, 6) is 0. The summed E-state index contributed by atoms with van der Waals surface area (Å²) in [6.45, 7) is 0. The number of aromatic amines is 1. The number of rotatable bonds is 3. The van der Waals surface area contributed by atoms with Gasteiger partial charge in [-0.05, 0) is 12.1 Å². The van der Waals surface area contributed by atoms with Gasteiger partial charge < -0.3 is 4.98 Å². The van der Waals surface area contributed by atoms with Crippen LogP contribution in [0.15, 0.2) is 41.0 Å². The molecule has 8 heteroatoms. The molecule has 6 nitrogen and oxygen atoms in total. The van der Waals surface area contributed by atoms with Crippen LogP contribution < -0.4 is 4.31 Å². The number of H-pyrrole nitrogens is 1. The zero-order valence-corrected chi connectivity index (χ0v) is 11.6. The number of nitrogens with zero attached hydrogens (tertiary/aromatic N) is 3. The number of sulfonamides is 1. The van der Waals surface area contributed by atoms with Crippen molar-refractivity contribution in [3.63, 3.8) is 0 Å². The summed E-state index contributed by atoms with van der Waals surface area (Å²) in [4.78, 5) is 11.2. The number of nitrogens with one attached hydrogen (secondary N) is 1. The Morgan fingerprint density at radius 2 is 2.16 bits per heavy atom. The fourth-order valence-electron chi connectivity index (χ4n) is 1.77. The van der Waals surface area contributed by atoms with Gasteiger partial charge in [0, 0.05) is 36.4 Å². The second kappa shape index (κ2) is 4.32. The van der Waals surface area contributed by atoms with E-state index in [1.54, 1.807) is 29.9 Å². The average molecular weight is 294 g/mol. The highest BCUT2D eigenvalue weighted by Crippen LogP contribution is 2.27. The van der Waals surface area contributed by atoms with Crippen molar-refractivity contribution in [2.45, 2.75) is 4.90 Å². The van der Waals surface area contributed by atoms with E-state index in [4.69, 9.17) is 0 Å². The van der Waals surface area contributed by atoms with E-state index in [2.05, 4.69) is 15.0 Å². The van der Waals surface area contributed by atoms with Crippen molar-refractivity contribution in [2.24, 2.45) is 0 Å². The van der Waals surface area contributed by atoms with E-state index in [-0.39, 0.29) is 4.90 Å². The lowest BCUT2D eigenvalue weighted by Gasteiger charge is -2.15. The molecule has 0 saturated heterocycles. The fourth-order valence-corrected chi connectivity index (χ4v) is 3.90. The van der Waals surface area contributed by atoms with Crippen molar-refractivity contribution < 1.29 is 8.42 Å². The van der Waals surface area contributed by atoms with Crippen LogP contribution in [0.4, 0.5) is 5.13 Å². The van der Waals surface area contributed by atoms with Crippen LogP contribution in [0.25, 0.3) is 11.0 Å². The maximum Gasteiger partial charge on any atom is 0.268 e. The maximum absolute atomic E-state index is 12.6. The molecule has 0 aliphatic heterocycles. The molecule has 0 fully saturated rings. The first-order chi connectivity index (χ1) is 9.10. The third-order valence-corrected chi connectivity index (χ3v) is 5.49. The van der Waals surface area contributed by atoms with Crippen molar-refractivity contribution in [3.8, 4) is 0 Å². The maximum atomic E-state index is 12.6. The minimum Gasteiger partial charge on any atom is -0.345 e. The Balaban J connectivity index is 2.15. The first kappa shape index (κ1) is 12.1. The third-order valence-electron chi connectivity index (χ3n) is 2.74. The third kappa shape index (κ3) is 1.89. The van der Waals surface area contributed by atoms with Crippen molar-refractivity contribution >= 4 is 37.5 Å². The number of hydrogen-bond donors (Lipinski definition) is 1. The summed E-state index contributed by atoms with van der Waals surface area (Å²) in [6, 6.07) is 3.43. The van der Waals surface area contributed by atoms with Crippen molar-refractivity contribution in [1.82, 2.24) is 15.0 Å². The van der Waals surface area contributed by atoms with E-state index >= 15 is 0 Å². The Morgan fingerprint density at radius 1 is 1.32 bits per heavy atom. The van der Waals surface area contributed by atoms with Gasteiger partial charge in [0.25, 0.3) is 10.0 Å². The highest BCUT2D eigenvalue weighted by atomic mass is 32.2. The molecule has 0 spiro atoms. The molecule has 0 amide bonds. The van der Waals surface area contributed by atoms with Crippen LogP contribution in [0, 0.1) is 0 Å². The van der Waals surface area contributed by atoms with E-state index in [0.717, 1.165) is 0 Å². The Hall–Kier alpha value is -1.93. The predicted octanol–water partition coefficient (Wildman–Crippen LogP) is 1.84. The van der Waals surface area contributed by atoms with Crippen LogP contribution in [0.2, 0.25) is 0 Å². The SMILES string of the molecule is CN(c1nccs1)S(=O)(=O)c1c[nH]c2ncccc12. The quantitative estimate of drug-likeness (QED) is 0.799. The molecule has 0 radical (unpaired) electrons. The standard InChI is InChI=1S/C11H10N4O2S2/c1-15(11-13-5-6-18-11)19(16,17)9-7-14-10-8(9)3-2-4-12-10/h2-7H,1H3,(H,12,14). The number of anilines is 1. The highest BCUT2D eigenvalue weighted by molar-refractivity contribution is 7.93. The lowest BCUT2D eigenvalue weighted by molar-refractivity contribution is 0.595. The zero-order chi connectivity index (χ0) is 13.5. The zero-order valence-electron chi connectivity index (χ0n) is 9.94. The summed E-state index contributed by atoms with van der Waals surface area (Å²) < 4.78 is 26.3. The number of thiazole rings is 1. The van der Waals surface area contributed by atoms with Crippen molar-refractivity contribution in [2.75, 3.05) is 11.4 Å². The molecule has 3 aromatic heterocycles. The van der Waals surface area contributed by atoms with Crippen LogP contribution in [0.1, 0.15) is 0 Å². The van der Waals surface area contributed by atoms with Gasteiger partial charge in [-0.15, -0.1) is 11.3 Å². The van der Waals surface area contributed by atoms with Gasteiger partial charge in [-0.2, -0.15) is 0 Å². The van der Waals surface area contributed by atoms with Crippen LogP contribution >= 0.6 is 11.3 Å². The van der Waals surface area contributed by atoms with E-state index in [9.17, 15) is 8.42 Å². The largest absolute Gasteiger partial charge is 0.345 e. The van der Waals surface area contributed by atoms with E-state index in [0.29, 0.717) is 16.2 Å². The average Bonchev–Trinajstić information content (AvgIpc) is 3.07. The summed E-state index contributed by atoms with van der Waals surface area (Å²) in [6.07, 6.45) is 4.64. The van der Waals surface area contributed by atoms with Crippen LogP contribution in [0.5, 0.6) is 0 Å². The molecule has 0 atom stereocenters. The van der Waals surface area contributed by atoms with E-state index in [1.807, 2.05) is 0 Å². The number of hydrogen-bond acceptors (Lipinski definition) is 5. The van der Waals surface area contributed by atoms with Gasteiger partial charge in [0.05, 0.1) is 0 Å². The molecule has 98 valence electrons. The topological polar surface area (TPSA) is 79.0 Å². The van der Waals surface area contributed by atoms with Gasteiger partial charge in [-0.1, -0.05) is 0 Å². The van der Waals surface area contributed by atoms with Gasteiger partial charge in [0.1, 0.15) is 10.5 Å². The van der Waals surface area contributed by atoms with Crippen molar-refractivity contribution in [1.29, 1.82) is 0 Å². The van der Waals surface area contributed by atoms with E-state index < -0.39 is 10.0 Å². The minimum atomic E-state index is -3.64. The molecule has 3 rings (SSSR count). The smallest absolute Gasteiger partial charge is 0.268 e. The van der Waals surface area contributed by atoms with Gasteiger partial charge in [-0.25, -0.2) is 22.7 Å². The van der Waals surface area contributed by atoms with Gasteiger partial charge >= 0.3 is 0 Å². The summed E-state index contributed by atoms with van der Waals surface area (Å²) in [5, 5.41) is 2.74. The normalized spacial score (nSPS) is 11.8. The minimum absolute atomic E-state index is 0.202. The van der Waals surface area contributed by atoms with Crippen LogP contribution in [-0.2, 0) is 10.0 Å². The molecule has 0 aliphatic carbocycles. The Labute approximate surface area is 113 Å². The van der Waals surface area contributed by atoms with E-state index in [1.165, 1.54) is 28.9 Å². The summed E-state index contributed by atoms with van der Waals surface area (Å²) in [7, 11) is -2.15. The summed E-state index contributed by atoms with van der Waals surface area (Å²) >= 11 is 1.27. The molecule has 3 aromatic rings. The molecule has 0 unspecified atom stereocenters. The van der Waals surface area contributed by atoms with Crippen molar-refractivity contribution in [3.05, 3.63) is 36.1 Å². The number of pyridine rings is 1. The molecule has 1 N–H and O–H groups in total. The molecular formula is C11H10N4O2S2. The second-order valence-corrected chi connectivity index (χ2v) is 6.65. The molecule has 0 aromatic carbocycles. The highest BCUT2D eigenvalue weighted by Gasteiger charge is 2.26. The fraction of sp³-hybridized carbons (Fsp3) is 0.0909. The summed E-state index contributed by atoms with van der Waals surface area (Å²) in [5.41, 5.74) is 0.550. The number of aromatic nitrogens is 3. The molecular weight excluding hydrogens is 284 g/mol. The Kier molecular flexibility index (Phi) is 2.76. The molecule has 0 bridgehead atoms. The second-order valence-electron chi connectivity index (χ2n) is 3.84. The monoisotopic (exact) mass is 294 g/mol. The van der Waals surface area contributed by atoms with Gasteiger partial charge in [0.15, 0.2) is 5.13 Å². The van der Waals surface area contributed by atoms with Crippen LogP contribution in [-0.4, -0.2) is 30.4 Å². The van der Waals surface area contributed by atoms with Gasteiger partial charge in [0.2, 0.25) is 0 Å². The molecule has 0 saturated carbocycles.